The largest absolute Gasteiger partial charge is 0.399 e. The van der Waals surface area contributed by atoms with Gasteiger partial charge in [-0.2, -0.15) is 0 Å². The third kappa shape index (κ3) is 2.67. The molecule has 3 nitrogen and oxygen atoms in total. The summed E-state index contributed by atoms with van der Waals surface area (Å²) in [7, 11) is 0. The van der Waals surface area contributed by atoms with Crippen LogP contribution in [0.1, 0.15) is 33.8 Å². The SMILES string of the molecule is Cc1cc(N)cc(C(=O)NC2CC2c2ccccc2)c1. The highest BCUT2D eigenvalue weighted by atomic mass is 16.1. The second-order valence-electron chi connectivity index (χ2n) is 5.47. The van der Waals surface area contributed by atoms with E-state index in [0.29, 0.717) is 17.2 Å². The van der Waals surface area contributed by atoms with E-state index < -0.39 is 0 Å². The maximum Gasteiger partial charge on any atom is 0.251 e. The zero-order valence-corrected chi connectivity index (χ0v) is 11.5. The van der Waals surface area contributed by atoms with Gasteiger partial charge in [0.15, 0.2) is 0 Å². The first-order valence-corrected chi connectivity index (χ1v) is 6.86. The van der Waals surface area contributed by atoms with E-state index in [-0.39, 0.29) is 11.9 Å². The maximum atomic E-state index is 12.2. The number of nitrogen functional groups attached to an aromatic ring is 1. The van der Waals surface area contributed by atoms with Gasteiger partial charge in [0.05, 0.1) is 0 Å². The minimum atomic E-state index is -0.0381. The van der Waals surface area contributed by atoms with Crippen LogP contribution in [-0.4, -0.2) is 11.9 Å². The van der Waals surface area contributed by atoms with E-state index >= 15 is 0 Å². The van der Waals surface area contributed by atoms with Gasteiger partial charge in [-0.3, -0.25) is 4.79 Å². The topological polar surface area (TPSA) is 55.1 Å². The first kappa shape index (κ1) is 12.7. The van der Waals surface area contributed by atoms with E-state index in [0.717, 1.165) is 12.0 Å². The molecular weight excluding hydrogens is 248 g/mol. The van der Waals surface area contributed by atoms with Crippen molar-refractivity contribution in [2.24, 2.45) is 0 Å². The molecule has 0 heterocycles. The molecule has 2 atom stereocenters. The molecule has 2 aromatic rings. The molecule has 0 aromatic heterocycles. The number of nitrogens with one attached hydrogen (secondary N) is 1. The van der Waals surface area contributed by atoms with Gasteiger partial charge in [0, 0.05) is 23.2 Å². The van der Waals surface area contributed by atoms with Gasteiger partial charge >= 0.3 is 0 Å². The maximum absolute atomic E-state index is 12.2. The minimum absolute atomic E-state index is 0.0381. The van der Waals surface area contributed by atoms with Crippen molar-refractivity contribution in [1.82, 2.24) is 5.32 Å². The molecule has 0 bridgehead atoms. The molecule has 1 aliphatic carbocycles. The fourth-order valence-electron chi connectivity index (χ4n) is 2.62. The van der Waals surface area contributed by atoms with Crippen molar-refractivity contribution < 1.29 is 4.79 Å². The molecule has 3 heteroatoms. The average molecular weight is 266 g/mol. The Labute approximate surface area is 118 Å². The molecule has 2 unspecified atom stereocenters. The van der Waals surface area contributed by atoms with Crippen molar-refractivity contribution >= 4 is 11.6 Å². The third-order valence-corrected chi connectivity index (χ3v) is 3.70. The molecule has 0 aliphatic heterocycles. The van der Waals surface area contributed by atoms with Crippen LogP contribution in [0.5, 0.6) is 0 Å². The number of carbonyl (C=O) groups excluding carboxylic acids is 1. The minimum Gasteiger partial charge on any atom is -0.399 e. The Morgan fingerprint density at radius 3 is 2.65 bits per heavy atom. The Balaban J connectivity index is 1.66. The van der Waals surface area contributed by atoms with Crippen molar-refractivity contribution in [1.29, 1.82) is 0 Å². The van der Waals surface area contributed by atoms with E-state index in [1.54, 1.807) is 6.07 Å². The second kappa shape index (κ2) is 5.00. The lowest BCUT2D eigenvalue weighted by atomic mass is 10.1. The second-order valence-corrected chi connectivity index (χ2v) is 5.47. The Morgan fingerprint density at radius 2 is 1.95 bits per heavy atom. The summed E-state index contributed by atoms with van der Waals surface area (Å²) in [6.07, 6.45) is 1.01. The van der Waals surface area contributed by atoms with Gasteiger partial charge < -0.3 is 11.1 Å². The lowest BCUT2D eigenvalue weighted by molar-refractivity contribution is 0.0950. The van der Waals surface area contributed by atoms with Crippen LogP contribution >= 0.6 is 0 Å². The summed E-state index contributed by atoms with van der Waals surface area (Å²) < 4.78 is 0. The molecule has 1 fully saturated rings. The molecule has 3 N–H and O–H groups in total. The van der Waals surface area contributed by atoms with Crippen molar-refractivity contribution in [3.8, 4) is 0 Å². The van der Waals surface area contributed by atoms with E-state index in [9.17, 15) is 4.79 Å². The van der Waals surface area contributed by atoms with Gasteiger partial charge in [-0.25, -0.2) is 0 Å². The highest BCUT2D eigenvalue weighted by Gasteiger charge is 2.39. The molecule has 2 aromatic carbocycles. The molecule has 102 valence electrons. The Bertz CT molecular complexity index is 616. The zero-order chi connectivity index (χ0) is 14.1. The van der Waals surface area contributed by atoms with Crippen molar-refractivity contribution in [2.45, 2.75) is 25.3 Å². The molecule has 20 heavy (non-hydrogen) atoms. The number of aryl methyl sites for hydroxylation is 1. The van der Waals surface area contributed by atoms with E-state index in [1.165, 1.54) is 5.56 Å². The number of carbonyl (C=O) groups is 1. The van der Waals surface area contributed by atoms with E-state index in [1.807, 2.05) is 37.3 Å². The van der Waals surface area contributed by atoms with E-state index in [4.69, 9.17) is 5.73 Å². The van der Waals surface area contributed by atoms with Crippen LogP contribution < -0.4 is 11.1 Å². The number of nitrogens with two attached hydrogens (primary N) is 1. The predicted octanol–water partition coefficient (Wildman–Crippen LogP) is 2.86. The van der Waals surface area contributed by atoms with Gasteiger partial charge in [0.2, 0.25) is 0 Å². The van der Waals surface area contributed by atoms with E-state index in [2.05, 4.69) is 17.4 Å². The molecular formula is C17H18N2O. The van der Waals surface area contributed by atoms with Crippen molar-refractivity contribution in [3.63, 3.8) is 0 Å². The van der Waals surface area contributed by atoms with Crippen LogP contribution in [0.4, 0.5) is 5.69 Å². The lowest BCUT2D eigenvalue weighted by Crippen LogP contribution is -2.26. The summed E-state index contributed by atoms with van der Waals surface area (Å²) in [4.78, 5) is 12.2. The summed E-state index contributed by atoms with van der Waals surface area (Å²) in [6.45, 7) is 1.94. The monoisotopic (exact) mass is 266 g/mol. The van der Waals surface area contributed by atoms with Gasteiger partial charge in [0.25, 0.3) is 5.91 Å². The first-order valence-electron chi connectivity index (χ1n) is 6.86. The first-order chi connectivity index (χ1) is 9.63. The van der Waals surface area contributed by atoms with Crippen molar-refractivity contribution in [3.05, 3.63) is 65.2 Å². The molecule has 1 aliphatic rings. The summed E-state index contributed by atoms with van der Waals surface area (Å²) in [5.41, 5.74) is 9.35. The predicted molar refractivity (Wildman–Crippen MR) is 80.6 cm³/mol. The number of hydrogen-bond donors (Lipinski definition) is 2. The van der Waals surface area contributed by atoms with Gasteiger partial charge in [-0.1, -0.05) is 30.3 Å². The fourth-order valence-corrected chi connectivity index (χ4v) is 2.62. The van der Waals surface area contributed by atoms with Gasteiger partial charge in [-0.15, -0.1) is 0 Å². The number of amides is 1. The fraction of sp³-hybridized carbons (Fsp3) is 0.235. The highest BCUT2D eigenvalue weighted by Crippen LogP contribution is 2.40. The Hall–Kier alpha value is -2.29. The summed E-state index contributed by atoms with van der Waals surface area (Å²) >= 11 is 0. The smallest absolute Gasteiger partial charge is 0.251 e. The summed E-state index contributed by atoms with van der Waals surface area (Å²) in [6, 6.07) is 16.0. The number of rotatable bonds is 3. The quantitative estimate of drug-likeness (QED) is 0.839. The molecule has 1 saturated carbocycles. The molecule has 0 spiro atoms. The normalized spacial score (nSPS) is 20.4. The number of benzene rings is 2. The zero-order valence-electron chi connectivity index (χ0n) is 11.5. The van der Waals surface area contributed by atoms with Crippen LogP contribution in [-0.2, 0) is 0 Å². The standard InChI is InChI=1S/C17H18N2O/c1-11-7-13(9-14(18)8-11)17(20)19-16-10-15(16)12-5-3-2-4-6-12/h2-9,15-16H,10,18H2,1H3,(H,19,20). The molecule has 0 radical (unpaired) electrons. The van der Waals surface area contributed by atoms with Gasteiger partial charge in [-0.05, 0) is 42.7 Å². The molecule has 3 rings (SSSR count). The van der Waals surface area contributed by atoms with Crippen LogP contribution in [0.25, 0.3) is 0 Å². The third-order valence-electron chi connectivity index (χ3n) is 3.70. The highest BCUT2D eigenvalue weighted by molar-refractivity contribution is 5.95. The number of anilines is 1. The molecule has 0 saturated heterocycles. The van der Waals surface area contributed by atoms with Crippen LogP contribution in [0, 0.1) is 6.92 Å². The van der Waals surface area contributed by atoms with Crippen molar-refractivity contribution in [2.75, 3.05) is 5.73 Å². The van der Waals surface area contributed by atoms with Gasteiger partial charge in [0.1, 0.15) is 0 Å². The Morgan fingerprint density at radius 1 is 1.20 bits per heavy atom. The summed E-state index contributed by atoms with van der Waals surface area (Å²) in [5, 5.41) is 3.08. The van der Waals surface area contributed by atoms with Crippen LogP contribution in [0.3, 0.4) is 0 Å². The summed E-state index contributed by atoms with van der Waals surface area (Å²) in [5.74, 6) is 0.408. The van der Waals surface area contributed by atoms with Crippen LogP contribution in [0.2, 0.25) is 0 Å². The lowest BCUT2D eigenvalue weighted by Gasteiger charge is -2.07. The molecule has 1 amide bonds. The number of hydrogen-bond acceptors (Lipinski definition) is 2. The average Bonchev–Trinajstić information content (AvgIpc) is 3.18. The Kier molecular flexibility index (Phi) is 3.18. The van der Waals surface area contributed by atoms with Crippen LogP contribution in [0.15, 0.2) is 48.5 Å².